The largest absolute Gasteiger partial charge is 0.507 e. The van der Waals surface area contributed by atoms with Crippen LogP contribution in [-0.4, -0.2) is 79.0 Å². The lowest BCUT2D eigenvalue weighted by Crippen LogP contribution is -2.44. The van der Waals surface area contributed by atoms with Crippen LogP contribution in [0.5, 0.6) is 11.5 Å². The molecule has 5 rings (SSSR count). The highest BCUT2D eigenvalue weighted by molar-refractivity contribution is 6.30. The number of aliphatic hydroxyl groups is 4. The molecule has 12 heteroatoms. The summed E-state index contributed by atoms with van der Waals surface area (Å²) in [7, 11) is 0. The molecule has 0 fully saturated rings. The minimum Gasteiger partial charge on any atom is -0.507 e. The van der Waals surface area contributed by atoms with E-state index in [4.69, 9.17) is 9.47 Å². The van der Waals surface area contributed by atoms with Gasteiger partial charge in [-0.2, -0.15) is 0 Å². The molecule has 9 atom stereocenters. The molecule has 0 radical (unpaired) electrons. The van der Waals surface area contributed by atoms with E-state index in [0.29, 0.717) is 0 Å². The van der Waals surface area contributed by atoms with Crippen molar-refractivity contribution in [2.75, 3.05) is 0 Å². The summed E-state index contributed by atoms with van der Waals surface area (Å²) in [5.41, 5.74) is -1.38. The van der Waals surface area contributed by atoms with Crippen molar-refractivity contribution < 1.29 is 54.2 Å². The average molecular weight is 640 g/mol. The fourth-order valence-electron chi connectivity index (χ4n) is 5.95. The number of aliphatic hydroxyl groups excluding tert-OH is 4. The number of fused-ring (bicyclic) bond motifs is 14. The molecule has 4 aliphatic rings. The third-order valence-electron chi connectivity index (χ3n) is 9.30. The zero-order chi connectivity index (χ0) is 34.4. The molecule has 1 aromatic carbocycles. The number of carbonyl (C=O) groups is 4. The first-order valence-electron chi connectivity index (χ1n) is 15.1. The van der Waals surface area contributed by atoms with E-state index in [0.717, 1.165) is 12.3 Å². The number of allylic oxidation sites excluding steroid dienone is 4. The zero-order valence-electron chi connectivity index (χ0n) is 26.8. The fourth-order valence-corrected chi connectivity index (χ4v) is 5.95. The Bertz CT molecular complexity index is 1590. The van der Waals surface area contributed by atoms with Crippen molar-refractivity contribution in [1.82, 2.24) is 5.32 Å². The van der Waals surface area contributed by atoms with Gasteiger partial charge in [0.15, 0.2) is 5.78 Å². The second kappa shape index (κ2) is 13.0. The number of hydrogen-bond acceptors (Lipinski definition) is 11. The number of amides is 1. The maximum atomic E-state index is 13.7. The summed E-state index contributed by atoms with van der Waals surface area (Å²) >= 11 is 0. The number of phenols is 1. The summed E-state index contributed by atoms with van der Waals surface area (Å²) in [6.07, 6.45) is 2.96. The van der Waals surface area contributed by atoms with E-state index in [9.17, 15) is 44.7 Å². The van der Waals surface area contributed by atoms with Crippen molar-refractivity contribution in [2.24, 2.45) is 23.7 Å². The zero-order valence-corrected chi connectivity index (χ0v) is 26.8. The first-order chi connectivity index (χ1) is 21.4. The number of benzene rings is 1. The summed E-state index contributed by atoms with van der Waals surface area (Å²) in [5, 5.41) is 57.1. The van der Waals surface area contributed by atoms with Gasteiger partial charge in [0.1, 0.15) is 11.5 Å². The second-order valence-electron chi connectivity index (χ2n) is 12.6. The molecule has 46 heavy (non-hydrogen) atoms. The van der Waals surface area contributed by atoms with E-state index in [1.807, 2.05) is 0 Å². The van der Waals surface area contributed by atoms with E-state index in [2.05, 4.69) is 5.32 Å². The Hall–Kier alpha value is -4.10. The number of carbonyl (C=O) groups excluding carboxylic acids is 4. The molecule has 3 heterocycles. The highest BCUT2D eigenvalue weighted by Gasteiger charge is 2.51. The lowest BCUT2D eigenvalue weighted by atomic mass is 9.78. The molecule has 9 unspecified atom stereocenters. The van der Waals surface area contributed by atoms with E-state index < -0.39 is 99.7 Å². The van der Waals surface area contributed by atoms with Crippen molar-refractivity contribution in [2.45, 2.75) is 78.7 Å². The van der Waals surface area contributed by atoms with Crippen LogP contribution >= 0.6 is 0 Å². The van der Waals surface area contributed by atoms with Gasteiger partial charge in [0, 0.05) is 47.8 Å². The quantitative estimate of drug-likeness (QED) is 0.244. The van der Waals surface area contributed by atoms with Crippen LogP contribution < -0.4 is 10.1 Å². The Labute approximate surface area is 266 Å². The van der Waals surface area contributed by atoms with Crippen LogP contribution in [0.4, 0.5) is 0 Å². The smallest absolute Gasteiger partial charge is 0.312 e. The molecule has 0 saturated carbocycles. The van der Waals surface area contributed by atoms with Crippen LogP contribution in [0.2, 0.25) is 0 Å². The molecule has 1 aromatic rings. The van der Waals surface area contributed by atoms with Crippen LogP contribution in [-0.2, 0) is 9.53 Å². The van der Waals surface area contributed by atoms with Gasteiger partial charge in [-0.15, -0.1) is 0 Å². The molecular weight excluding hydrogens is 598 g/mol. The Kier molecular flexibility index (Phi) is 9.79. The van der Waals surface area contributed by atoms with Gasteiger partial charge in [-0.05, 0) is 19.9 Å². The molecule has 0 saturated heterocycles. The van der Waals surface area contributed by atoms with Crippen LogP contribution in [0, 0.1) is 30.6 Å². The van der Waals surface area contributed by atoms with Gasteiger partial charge in [-0.3, -0.25) is 19.2 Å². The molecule has 6 N–H and O–H groups in total. The normalized spacial score (nSPS) is 36.6. The lowest BCUT2D eigenvalue weighted by Gasteiger charge is -2.35. The highest BCUT2D eigenvalue weighted by Crippen LogP contribution is 2.47. The number of phenolic OH excluding ortho intramolecular Hbond substituents is 1. The Morgan fingerprint density at radius 3 is 2.09 bits per heavy atom. The van der Waals surface area contributed by atoms with Gasteiger partial charge < -0.3 is 40.3 Å². The molecular formula is C34H41NO11. The number of ketones is 3. The van der Waals surface area contributed by atoms with Crippen LogP contribution in [0.25, 0.3) is 0 Å². The first kappa shape index (κ1) is 34.8. The van der Waals surface area contributed by atoms with Gasteiger partial charge >= 0.3 is 5.79 Å². The molecule has 1 amide bonds. The summed E-state index contributed by atoms with van der Waals surface area (Å²) in [6, 6.07) is 0. The van der Waals surface area contributed by atoms with Crippen molar-refractivity contribution in [3.63, 3.8) is 0 Å². The third kappa shape index (κ3) is 6.05. The maximum absolute atomic E-state index is 13.7. The van der Waals surface area contributed by atoms with Crippen molar-refractivity contribution in [3.05, 3.63) is 70.2 Å². The van der Waals surface area contributed by atoms with Gasteiger partial charge in [-0.25, -0.2) is 0 Å². The van der Waals surface area contributed by atoms with Crippen LogP contribution in [0.3, 0.4) is 0 Å². The standard InChI is InChI=1S/C34H41NO11/c1-14-9-8-10-15(2)33(44)35-20-13-22(37)23-24(30(20)42)29(41)19(6)31-25(23)32(43)34(7,46-31)45-12-11-21(36)16(3)27(39)18(5)28(40)17(4)26(14)38/h8-14,16-18,21,26-28,36,38-41H,1-7H3,(H,35,44)/b9-8+,12-11+,15-10-. The second-order valence-corrected chi connectivity index (χ2v) is 12.6. The van der Waals surface area contributed by atoms with Crippen molar-refractivity contribution in [1.29, 1.82) is 0 Å². The monoisotopic (exact) mass is 639 g/mol. The summed E-state index contributed by atoms with van der Waals surface area (Å²) in [4.78, 5) is 53.5. The Balaban J connectivity index is 1.79. The molecule has 1 aliphatic carbocycles. The van der Waals surface area contributed by atoms with E-state index >= 15 is 0 Å². The van der Waals surface area contributed by atoms with Gasteiger partial charge in [0.05, 0.1) is 53.1 Å². The Morgan fingerprint density at radius 1 is 0.826 bits per heavy atom. The summed E-state index contributed by atoms with van der Waals surface area (Å²) in [5.74, 6) is -8.82. The van der Waals surface area contributed by atoms with Crippen LogP contribution in [0.15, 0.2) is 47.9 Å². The average Bonchev–Trinajstić information content (AvgIpc) is 3.28. The predicted octanol–water partition coefficient (Wildman–Crippen LogP) is 2.41. The Morgan fingerprint density at radius 2 is 1.43 bits per heavy atom. The minimum atomic E-state index is -2.05. The molecule has 5 bridgehead atoms. The molecule has 248 valence electrons. The number of rotatable bonds is 0. The molecule has 3 aliphatic heterocycles. The summed E-state index contributed by atoms with van der Waals surface area (Å²) in [6.45, 7) is 10.6. The molecule has 0 spiro atoms. The third-order valence-corrected chi connectivity index (χ3v) is 9.30. The van der Waals surface area contributed by atoms with Gasteiger partial charge in [0.25, 0.3) is 11.7 Å². The fraction of sp³-hybridized carbons (Fsp3) is 0.471. The van der Waals surface area contributed by atoms with Crippen LogP contribution in [0.1, 0.15) is 78.2 Å². The van der Waals surface area contributed by atoms with Gasteiger partial charge in [0.2, 0.25) is 5.78 Å². The van der Waals surface area contributed by atoms with E-state index in [1.165, 1.54) is 39.0 Å². The number of aromatic hydroxyl groups is 1. The maximum Gasteiger partial charge on any atom is 0.312 e. The van der Waals surface area contributed by atoms with Gasteiger partial charge in [-0.1, -0.05) is 45.9 Å². The molecule has 0 aromatic heterocycles. The topological polar surface area (TPSA) is 200 Å². The summed E-state index contributed by atoms with van der Waals surface area (Å²) < 4.78 is 11.4. The van der Waals surface area contributed by atoms with E-state index in [1.54, 1.807) is 33.8 Å². The van der Waals surface area contributed by atoms with E-state index in [-0.39, 0.29) is 22.4 Å². The first-order valence-corrected chi connectivity index (χ1v) is 15.1. The molecule has 12 nitrogen and oxygen atoms in total. The predicted molar refractivity (Wildman–Crippen MR) is 165 cm³/mol. The van der Waals surface area contributed by atoms with Crippen molar-refractivity contribution >= 4 is 23.3 Å². The number of hydrogen-bond donors (Lipinski definition) is 6. The number of nitrogens with one attached hydrogen (secondary N) is 1. The number of ether oxygens (including phenoxy) is 2. The minimum absolute atomic E-state index is 0.00581. The number of Topliss-reactive ketones (excluding diaryl/α,β-unsaturated/α-hetero) is 2. The lowest BCUT2D eigenvalue weighted by molar-refractivity contribution is -0.116. The van der Waals surface area contributed by atoms with Crippen molar-refractivity contribution in [3.8, 4) is 11.5 Å². The SMILES string of the molecule is C/C1=C/C=C/C(C)C(O)C(C)C(O)C(C)C(O)C(C)C(O)/C=C/OC2(C)Oc3c(C)c(O)c4c(c3C2=O)C(=O)C=C(NC1=O)C4=O. The highest BCUT2D eigenvalue weighted by atomic mass is 16.7.